The number of anilines is 1. The molecule has 2 amide bonds. The van der Waals surface area contributed by atoms with Crippen LogP contribution in [-0.4, -0.2) is 35.2 Å². The molecule has 0 heterocycles. The summed E-state index contributed by atoms with van der Waals surface area (Å²) in [6.07, 6.45) is 2.54. The molecule has 0 unspecified atom stereocenters. The van der Waals surface area contributed by atoms with Crippen molar-refractivity contribution >= 4 is 40.9 Å². The largest absolute Gasteiger partial charge is 0.333 e. The average Bonchev–Trinajstić information content (AvgIpc) is 2.61. The Morgan fingerprint density at radius 1 is 1.19 bits per heavy atom. The summed E-state index contributed by atoms with van der Waals surface area (Å²) in [5, 5.41) is 14.0. The number of likely N-dealkylation sites (N-methyl/N-ethyl adjacent to an activating group) is 1. The van der Waals surface area contributed by atoms with Crippen molar-refractivity contribution in [1.82, 2.24) is 4.90 Å². The molecular weight excluding hydrogens is 358 g/mol. The molecule has 0 saturated carbocycles. The third-order valence-electron chi connectivity index (χ3n) is 3.44. The number of nitro groups is 1. The number of hydrogen-bond acceptors (Lipinski definition) is 4. The van der Waals surface area contributed by atoms with E-state index in [-0.39, 0.29) is 12.2 Å². The quantitative estimate of drug-likeness (QED) is 0.477. The van der Waals surface area contributed by atoms with Gasteiger partial charge in [-0.1, -0.05) is 35.9 Å². The van der Waals surface area contributed by atoms with Crippen molar-refractivity contribution in [1.29, 1.82) is 0 Å². The van der Waals surface area contributed by atoms with Crippen molar-refractivity contribution in [2.75, 3.05) is 18.9 Å². The van der Waals surface area contributed by atoms with E-state index in [9.17, 15) is 19.7 Å². The predicted molar refractivity (Wildman–Crippen MR) is 99.8 cm³/mol. The van der Waals surface area contributed by atoms with E-state index >= 15 is 0 Å². The summed E-state index contributed by atoms with van der Waals surface area (Å²) < 4.78 is 0. The Kier molecular flexibility index (Phi) is 6.46. The van der Waals surface area contributed by atoms with Gasteiger partial charge in [0.25, 0.3) is 5.69 Å². The zero-order chi connectivity index (χ0) is 19.1. The van der Waals surface area contributed by atoms with Crippen LogP contribution < -0.4 is 5.32 Å². The monoisotopic (exact) mass is 373 g/mol. The molecule has 0 spiro atoms. The van der Waals surface area contributed by atoms with E-state index in [1.165, 1.54) is 36.2 Å². The lowest BCUT2D eigenvalue weighted by Gasteiger charge is -2.15. The second-order valence-electron chi connectivity index (χ2n) is 5.37. The van der Waals surface area contributed by atoms with E-state index in [1.54, 1.807) is 36.4 Å². The van der Waals surface area contributed by atoms with Gasteiger partial charge >= 0.3 is 0 Å². The molecule has 0 bridgehead atoms. The van der Waals surface area contributed by atoms with Crippen LogP contribution in [0.15, 0.2) is 54.6 Å². The Hall–Kier alpha value is -3.19. The van der Waals surface area contributed by atoms with Gasteiger partial charge in [0.1, 0.15) is 0 Å². The maximum absolute atomic E-state index is 12.1. The molecule has 134 valence electrons. The zero-order valence-corrected chi connectivity index (χ0v) is 14.6. The molecule has 0 aliphatic rings. The van der Waals surface area contributed by atoms with E-state index < -0.39 is 16.7 Å². The van der Waals surface area contributed by atoms with Crippen LogP contribution in [0.1, 0.15) is 5.56 Å². The van der Waals surface area contributed by atoms with Crippen LogP contribution in [0.2, 0.25) is 5.02 Å². The van der Waals surface area contributed by atoms with Gasteiger partial charge in [0.2, 0.25) is 11.8 Å². The van der Waals surface area contributed by atoms with Crippen molar-refractivity contribution in [3.8, 4) is 0 Å². The summed E-state index contributed by atoms with van der Waals surface area (Å²) in [5.74, 6) is -0.870. The van der Waals surface area contributed by atoms with Crippen LogP contribution >= 0.6 is 11.6 Å². The molecule has 2 rings (SSSR count). The van der Waals surface area contributed by atoms with E-state index in [1.807, 2.05) is 0 Å². The minimum absolute atomic E-state index is 0.101. The number of nitrogens with zero attached hydrogens (tertiary/aromatic N) is 2. The molecule has 1 N–H and O–H groups in total. The second kappa shape index (κ2) is 8.77. The molecule has 0 aliphatic heterocycles. The minimum Gasteiger partial charge on any atom is -0.333 e. The lowest BCUT2D eigenvalue weighted by molar-refractivity contribution is -0.385. The maximum atomic E-state index is 12.1. The average molecular weight is 374 g/mol. The molecule has 7 nitrogen and oxygen atoms in total. The Morgan fingerprint density at radius 2 is 1.85 bits per heavy atom. The second-order valence-corrected chi connectivity index (χ2v) is 5.78. The van der Waals surface area contributed by atoms with Crippen LogP contribution in [0.5, 0.6) is 0 Å². The van der Waals surface area contributed by atoms with Crippen LogP contribution in [-0.2, 0) is 9.59 Å². The van der Waals surface area contributed by atoms with Gasteiger partial charge in [0, 0.05) is 19.2 Å². The van der Waals surface area contributed by atoms with Gasteiger partial charge in [-0.25, -0.2) is 0 Å². The van der Waals surface area contributed by atoms with Crippen LogP contribution in [0.4, 0.5) is 11.4 Å². The molecule has 2 aromatic rings. The van der Waals surface area contributed by atoms with Gasteiger partial charge in [-0.05, 0) is 24.3 Å². The number of para-hydroxylation sites is 2. The highest BCUT2D eigenvalue weighted by Gasteiger charge is 2.13. The summed E-state index contributed by atoms with van der Waals surface area (Å²) >= 11 is 5.96. The Morgan fingerprint density at radius 3 is 2.54 bits per heavy atom. The fourth-order valence-electron chi connectivity index (χ4n) is 2.13. The van der Waals surface area contributed by atoms with Gasteiger partial charge in [-0.2, -0.15) is 0 Å². The molecule has 0 atom stereocenters. The Labute approximate surface area is 155 Å². The maximum Gasteiger partial charge on any atom is 0.276 e. The SMILES string of the molecule is CN(CC(=O)Nc1ccccc1Cl)C(=O)/C=C/c1ccccc1[N+](=O)[O-]. The van der Waals surface area contributed by atoms with Crippen molar-refractivity contribution in [3.05, 3.63) is 75.3 Å². The van der Waals surface area contributed by atoms with Gasteiger partial charge in [-0.15, -0.1) is 0 Å². The minimum atomic E-state index is -0.523. The van der Waals surface area contributed by atoms with Crippen LogP contribution in [0.3, 0.4) is 0 Å². The van der Waals surface area contributed by atoms with Gasteiger partial charge in [0.05, 0.1) is 27.7 Å². The predicted octanol–water partition coefficient (Wildman–Crippen LogP) is 3.36. The van der Waals surface area contributed by atoms with E-state index in [0.29, 0.717) is 16.3 Å². The van der Waals surface area contributed by atoms with Crippen molar-refractivity contribution in [3.63, 3.8) is 0 Å². The van der Waals surface area contributed by atoms with E-state index in [0.717, 1.165) is 0 Å². The standard InChI is InChI=1S/C18H16ClN3O4/c1-21(12-17(23)20-15-8-4-3-7-14(15)19)18(24)11-10-13-6-2-5-9-16(13)22(25)26/h2-11H,12H2,1H3,(H,20,23)/b11-10+. The highest BCUT2D eigenvalue weighted by atomic mass is 35.5. The Bertz CT molecular complexity index is 867. The molecule has 0 fully saturated rings. The van der Waals surface area contributed by atoms with Crippen LogP contribution in [0.25, 0.3) is 6.08 Å². The van der Waals surface area contributed by atoms with E-state index in [2.05, 4.69) is 5.32 Å². The molecular formula is C18H16ClN3O4. The fourth-order valence-corrected chi connectivity index (χ4v) is 2.31. The first kappa shape index (κ1) is 19.1. The number of halogens is 1. The zero-order valence-electron chi connectivity index (χ0n) is 13.9. The number of carbonyl (C=O) groups is 2. The summed E-state index contributed by atoms with van der Waals surface area (Å²) in [6, 6.07) is 12.8. The molecule has 0 radical (unpaired) electrons. The fraction of sp³-hybridized carbons (Fsp3) is 0.111. The summed E-state index contributed by atoms with van der Waals surface area (Å²) in [7, 11) is 1.46. The van der Waals surface area contributed by atoms with Crippen molar-refractivity contribution in [2.45, 2.75) is 0 Å². The third kappa shape index (κ3) is 5.15. The Balaban J connectivity index is 1.98. The molecule has 26 heavy (non-hydrogen) atoms. The van der Waals surface area contributed by atoms with Gasteiger partial charge < -0.3 is 10.2 Å². The number of hydrogen-bond donors (Lipinski definition) is 1. The first-order chi connectivity index (χ1) is 12.4. The summed E-state index contributed by atoms with van der Waals surface area (Å²) in [5.41, 5.74) is 0.658. The van der Waals surface area contributed by atoms with Crippen LogP contribution in [0, 0.1) is 10.1 Å². The van der Waals surface area contributed by atoms with Crippen molar-refractivity contribution in [2.24, 2.45) is 0 Å². The summed E-state index contributed by atoms with van der Waals surface area (Å²) in [4.78, 5) is 35.8. The van der Waals surface area contributed by atoms with Gasteiger partial charge in [0.15, 0.2) is 0 Å². The highest BCUT2D eigenvalue weighted by Crippen LogP contribution is 2.20. The topological polar surface area (TPSA) is 92.6 Å². The highest BCUT2D eigenvalue weighted by molar-refractivity contribution is 6.33. The first-order valence-corrected chi connectivity index (χ1v) is 7.97. The first-order valence-electron chi connectivity index (χ1n) is 7.59. The lowest BCUT2D eigenvalue weighted by atomic mass is 10.1. The lowest BCUT2D eigenvalue weighted by Crippen LogP contribution is -2.33. The third-order valence-corrected chi connectivity index (χ3v) is 3.77. The smallest absolute Gasteiger partial charge is 0.276 e. The van der Waals surface area contributed by atoms with Crippen molar-refractivity contribution < 1.29 is 14.5 Å². The molecule has 2 aromatic carbocycles. The number of carbonyl (C=O) groups excluding carboxylic acids is 2. The van der Waals surface area contributed by atoms with E-state index in [4.69, 9.17) is 11.6 Å². The molecule has 8 heteroatoms. The molecule has 0 saturated heterocycles. The number of amides is 2. The number of rotatable bonds is 6. The molecule has 0 aliphatic carbocycles. The number of nitro benzene ring substituents is 1. The number of benzene rings is 2. The van der Waals surface area contributed by atoms with Gasteiger partial charge in [-0.3, -0.25) is 19.7 Å². The summed E-state index contributed by atoms with van der Waals surface area (Å²) in [6.45, 7) is -0.189. The normalized spacial score (nSPS) is 10.5. The number of nitrogens with one attached hydrogen (secondary N) is 1. The molecule has 0 aromatic heterocycles.